The van der Waals surface area contributed by atoms with Crippen molar-refractivity contribution in [2.75, 3.05) is 29.8 Å². The molecule has 0 amide bonds. The Morgan fingerprint density at radius 3 is 2.52 bits per heavy atom. The van der Waals surface area contributed by atoms with Crippen LogP contribution in [-0.4, -0.2) is 34.7 Å². The number of nitrogens with one attached hydrogen (secondary N) is 1. The summed E-state index contributed by atoms with van der Waals surface area (Å²) in [6, 6.07) is 16.7. The summed E-state index contributed by atoms with van der Waals surface area (Å²) in [5.41, 5.74) is 2.44. The van der Waals surface area contributed by atoms with Gasteiger partial charge in [0.25, 0.3) is 0 Å². The van der Waals surface area contributed by atoms with Crippen molar-refractivity contribution in [1.82, 2.24) is 0 Å². The Balaban J connectivity index is 1.64. The number of piperidine rings is 1. The monoisotopic (exact) mass is 360 g/mol. The van der Waals surface area contributed by atoms with Gasteiger partial charge < -0.3 is 9.64 Å². The number of nitrogens with zero attached hydrogens (tertiary/aromatic N) is 1. The maximum atomic E-state index is 12.3. The largest absolute Gasteiger partial charge is 0.380 e. The number of benzene rings is 2. The Morgan fingerprint density at radius 2 is 1.84 bits per heavy atom. The molecule has 1 atom stereocenters. The van der Waals surface area contributed by atoms with Crippen molar-refractivity contribution in [3.63, 3.8) is 0 Å². The van der Waals surface area contributed by atoms with E-state index in [1.165, 1.54) is 0 Å². The molecule has 5 nitrogen and oxygen atoms in total. The van der Waals surface area contributed by atoms with Crippen LogP contribution < -0.4 is 9.62 Å². The molecule has 0 spiro atoms. The summed E-state index contributed by atoms with van der Waals surface area (Å²) >= 11 is 0. The van der Waals surface area contributed by atoms with Gasteiger partial charge in [-0.2, -0.15) is 0 Å². The highest BCUT2D eigenvalue weighted by molar-refractivity contribution is 7.91. The minimum atomic E-state index is -3.42. The van der Waals surface area contributed by atoms with Gasteiger partial charge >= 0.3 is 0 Å². The van der Waals surface area contributed by atoms with Gasteiger partial charge in [-0.25, -0.2) is 8.42 Å². The lowest BCUT2D eigenvalue weighted by molar-refractivity contribution is 0.0893. The summed E-state index contributed by atoms with van der Waals surface area (Å²) in [7, 11) is -1.67. The van der Waals surface area contributed by atoms with Gasteiger partial charge in [0.15, 0.2) is 0 Å². The van der Waals surface area contributed by atoms with Gasteiger partial charge in [-0.15, -0.1) is 0 Å². The SMILES string of the molecule is COC1CCCN(c2ccc(NS(=O)(=O)Cc3ccccc3)cc2)C1. The molecule has 25 heavy (non-hydrogen) atoms. The van der Waals surface area contributed by atoms with Crippen molar-refractivity contribution < 1.29 is 13.2 Å². The second-order valence-corrected chi connectivity index (χ2v) is 8.06. The third-order valence-corrected chi connectivity index (χ3v) is 5.68. The molecule has 1 unspecified atom stereocenters. The summed E-state index contributed by atoms with van der Waals surface area (Å²) in [5.74, 6) is -0.0305. The first-order valence-corrected chi connectivity index (χ1v) is 10.1. The lowest BCUT2D eigenvalue weighted by Gasteiger charge is -2.33. The standard InChI is InChI=1S/C19H24N2O3S/c1-24-19-8-5-13-21(14-19)18-11-9-17(10-12-18)20-25(22,23)15-16-6-3-2-4-7-16/h2-4,6-7,9-12,19-20H,5,8,13-15H2,1H3. The third-order valence-electron chi connectivity index (χ3n) is 4.42. The number of methoxy groups -OCH3 is 1. The predicted molar refractivity (Wildman–Crippen MR) is 101 cm³/mol. The number of rotatable bonds is 6. The molecule has 134 valence electrons. The Labute approximate surface area is 149 Å². The first-order valence-electron chi connectivity index (χ1n) is 8.48. The van der Waals surface area contributed by atoms with Crippen molar-refractivity contribution in [3.05, 3.63) is 60.2 Å². The summed E-state index contributed by atoms with van der Waals surface area (Å²) in [4.78, 5) is 2.28. The van der Waals surface area contributed by atoms with Gasteiger partial charge in [-0.3, -0.25) is 4.72 Å². The number of hydrogen-bond donors (Lipinski definition) is 1. The second kappa shape index (κ2) is 7.89. The van der Waals surface area contributed by atoms with E-state index in [0.29, 0.717) is 5.69 Å². The van der Waals surface area contributed by atoms with Gasteiger partial charge in [-0.05, 0) is 42.7 Å². The van der Waals surface area contributed by atoms with E-state index in [2.05, 4.69) is 9.62 Å². The van der Waals surface area contributed by atoms with Crippen LogP contribution in [0.4, 0.5) is 11.4 Å². The van der Waals surface area contributed by atoms with Crippen molar-refractivity contribution in [2.24, 2.45) is 0 Å². The maximum Gasteiger partial charge on any atom is 0.236 e. The fraction of sp³-hybridized carbons (Fsp3) is 0.368. The molecular formula is C19H24N2O3S. The quantitative estimate of drug-likeness (QED) is 0.859. The van der Waals surface area contributed by atoms with Crippen LogP contribution in [0, 0.1) is 0 Å². The zero-order chi connectivity index (χ0) is 17.7. The van der Waals surface area contributed by atoms with Crippen LogP contribution in [0.1, 0.15) is 18.4 Å². The number of hydrogen-bond acceptors (Lipinski definition) is 4. The molecule has 0 radical (unpaired) electrons. The third kappa shape index (κ3) is 4.96. The molecule has 1 saturated heterocycles. The van der Waals surface area contributed by atoms with Gasteiger partial charge in [0, 0.05) is 31.6 Å². The smallest absolute Gasteiger partial charge is 0.236 e. The van der Waals surface area contributed by atoms with E-state index in [1.54, 1.807) is 7.11 Å². The predicted octanol–water partition coefficient (Wildman–Crippen LogP) is 3.24. The average molecular weight is 360 g/mol. The molecule has 6 heteroatoms. The zero-order valence-electron chi connectivity index (χ0n) is 14.4. The van der Waals surface area contributed by atoms with Crippen LogP contribution in [0.25, 0.3) is 0 Å². The van der Waals surface area contributed by atoms with Crippen molar-refractivity contribution >= 4 is 21.4 Å². The first-order chi connectivity index (χ1) is 12.1. The summed E-state index contributed by atoms with van der Waals surface area (Å²) in [6.45, 7) is 1.87. The minimum absolute atomic E-state index is 0.0305. The Hall–Kier alpha value is -2.05. The van der Waals surface area contributed by atoms with E-state index in [-0.39, 0.29) is 11.9 Å². The van der Waals surface area contributed by atoms with Crippen molar-refractivity contribution in [2.45, 2.75) is 24.7 Å². The fourth-order valence-corrected chi connectivity index (χ4v) is 4.31. The average Bonchev–Trinajstić information content (AvgIpc) is 2.62. The van der Waals surface area contributed by atoms with Crippen molar-refractivity contribution in [3.8, 4) is 0 Å². The Morgan fingerprint density at radius 1 is 1.12 bits per heavy atom. The van der Waals surface area contributed by atoms with Crippen LogP contribution in [-0.2, 0) is 20.5 Å². The van der Waals surface area contributed by atoms with Crippen LogP contribution in [0.2, 0.25) is 0 Å². The van der Waals surface area contributed by atoms with E-state index >= 15 is 0 Å². The summed E-state index contributed by atoms with van der Waals surface area (Å²) in [5, 5.41) is 0. The lowest BCUT2D eigenvalue weighted by Crippen LogP contribution is -2.39. The Kier molecular flexibility index (Phi) is 5.60. The number of ether oxygens (including phenoxy) is 1. The molecule has 0 aromatic heterocycles. The summed E-state index contributed by atoms with van der Waals surface area (Å²) < 4.78 is 32.7. The Bertz CT molecular complexity index is 776. The topological polar surface area (TPSA) is 58.6 Å². The fourth-order valence-electron chi connectivity index (χ4n) is 3.11. The van der Waals surface area contributed by atoms with Crippen LogP contribution in [0.3, 0.4) is 0 Å². The second-order valence-electron chi connectivity index (χ2n) is 6.34. The zero-order valence-corrected chi connectivity index (χ0v) is 15.2. The van der Waals surface area contributed by atoms with Gasteiger partial charge in [0.1, 0.15) is 0 Å². The molecule has 0 aliphatic carbocycles. The lowest BCUT2D eigenvalue weighted by atomic mass is 10.1. The molecule has 0 bridgehead atoms. The molecule has 3 rings (SSSR count). The van der Waals surface area contributed by atoms with E-state index in [1.807, 2.05) is 54.6 Å². The molecule has 2 aromatic rings. The number of sulfonamides is 1. The maximum absolute atomic E-state index is 12.3. The van der Waals surface area contributed by atoms with Gasteiger partial charge in [0.2, 0.25) is 10.0 Å². The van der Waals surface area contributed by atoms with Crippen molar-refractivity contribution in [1.29, 1.82) is 0 Å². The van der Waals surface area contributed by atoms with Gasteiger partial charge in [-0.1, -0.05) is 30.3 Å². The van der Waals surface area contributed by atoms with Crippen LogP contribution >= 0.6 is 0 Å². The number of anilines is 2. The molecular weight excluding hydrogens is 336 g/mol. The molecule has 1 aliphatic rings. The minimum Gasteiger partial charge on any atom is -0.380 e. The highest BCUT2D eigenvalue weighted by Crippen LogP contribution is 2.23. The van der Waals surface area contributed by atoms with Crippen LogP contribution in [0.15, 0.2) is 54.6 Å². The highest BCUT2D eigenvalue weighted by atomic mass is 32.2. The van der Waals surface area contributed by atoms with E-state index in [9.17, 15) is 8.42 Å². The van der Waals surface area contributed by atoms with Gasteiger partial charge in [0.05, 0.1) is 11.9 Å². The molecule has 0 saturated carbocycles. The van der Waals surface area contributed by atoms with E-state index < -0.39 is 10.0 Å². The van der Waals surface area contributed by atoms with E-state index in [4.69, 9.17) is 4.74 Å². The van der Waals surface area contributed by atoms with Crippen LogP contribution in [0.5, 0.6) is 0 Å². The molecule has 2 aromatic carbocycles. The summed E-state index contributed by atoms with van der Waals surface area (Å²) in [6.07, 6.45) is 2.45. The molecule has 1 N–H and O–H groups in total. The van der Waals surface area contributed by atoms with E-state index in [0.717, 1.165) is 37.2 Å². The molecule has 1 heterocycles. The molecule has 1 aliphatic heterocycles. The highest BCUT2D eigenvalue weighted by Gasteiger charge is 2.19. The molecule has 1 fully saturated rings. The first kappa shape index (κ1) is 17.8. The normalized spacial score (nSPS) is 18.1.